The number of carbonyl (C=O) groups excluding carboxylic acids is 2. The molecule has 1 aliphatic carbocycles. The van der Waals surface area contributed by atoms with Gasteiger partial charge in [0, 0.05) is 11.2 Å². The van der Waals surface area contributed by atoms with Crippen LogP contribution in [0, 0.1) is 5.92 Å². The second-order valence-corrected chi connectivity index (χ2v) is 6.73. The van der Waals surface area contributed by atoms with Crippen molar-refractivity contribution in [3.63, 3.8) is 0 Å². The first-order chi connectivity index (χ1) is 8.99. The van der Waals surface area contributed by atoms with Crippen LogP contribution in [0.1, 0.15) is 46.0 Å². The van der Waals surface area contributed by atoms with Crippen LogP contribution in [0.4, 0.5) is 4.79 Å². The lowest BCUT2D eigenvalue weighted by molar-refractivity contribution is -0.307. The molecule has 0 aromatic heterocycles. The topological polar surface area (TPSA) is 71.0 Å². The van der Waals surface area contributed by atoms with E-state index in [1.54, 1.807) is 0 Å². The third-order valence-electron chi connectivity index (χ3n) is 3.04. The van der Waals surface area contributed by atoms with E-state index in [1.165, 1.54) is 11.8 Å². The predicted octanol–water partition coefficient (Wildman–Crippen LogP) is -0.458. The number of thioether (sulfide) groups is 1. The van der Waals surface area contributed by atoms with Crippen LogP contribution in [0.3, 0.4) is 0 Å². The van der Waals surface area contributed by atoms with Crippen molar-refractivity contribution < 1.29 is 44.0 Å². The van der Waals surface area contributed by atoms with Gasteiger partial charge in [0.25, 0.3) is 0 Å². The van der Waals surface area contributed by atoms with Crippen molar-refractivity contribution in [2.24, 2.45) is 5.92 Å². The second kappa shape index (κ2) is 10.6. The summed E-state index contributed by atoms with van der Waals surface area (Å²) in [7, 11) is 0. The zero-order chi connectivity index (χ0) is 14.3. The lowest BCUT2D eigenvalue weighted by atomic mass is 9.89. The maximum Gasteiger partial charge on any atom is 0.368 e. The van der Waals surface area contributed by atoms with Crippen LogP contribution in [0.15, 0.2) is 12.2 Å². The van der Waals surface area contributed by atoms with Gasteiger partial charge < -0.3 is 28.7 Å². The summed E-state index contributed by atoms with van der Waals surface area (Å²) in [5.41, 5.74) is 3.44. The fourth-order valence-corrected chi connectivity index (χ4v) is 2.75. The van der Waals surface area contributed by atoms with Crippen molar-refractivity contribution in [1.29, 1.82) is 0 Å². The van der Waals surface area contributed by atoms with Gasteiger partial charge in [-0.15, -0.1) is 0 Å². The van der Waals surface area contributed by atoms with Crippen LogP contribution >= 0.6 is 11.8 Å². The number of hydrogen-bond acceptors (Lipinski definition) is 4. The van der Waals surface area contributed by atoms with Gasteiger partial charge in [0.05, 0.1) is 6.42 Å². The normalized spacial score (nSPS) is 22.6. The molecular weight excluding hydrogens is 389 g/mol. The third-order valence-corrected chi connectivity index (χ3v) is 3.80. The Morgan fingerprint density at radius 1 is 1.40 bits per heavy atom. The predicted molar refractivity (Wildman–Crippen MR) is 76.6 cm³/mol. The number of hydrogen-bond donors (Lipinski definition) is 1. The zero-order valence-electron chi connectivity index (χ0n) is 12.1. The molecule has 2 unspecified atom stereocenters. The molecule has 6 heteroatoms. The molecule has 0 fully saturated rings. The summed E-state index contributed by atoms with van der Waals surface area (Å²) in [6, 6.07) is 0. The van der Waals surface area contributed by atoms with Crippen molar-refractivity contribution in [2.75, 3.05) is 0 Å². The molecule has 2 atom stereocenters. The first-order valence-electron chi connectivity index (χ1n) is 6.87. The van der Waals surface area contributed by atoms with Gasteiger partial charge in [0.1, 0.15) is 6.10 Å². The monoisotopic (exact) mass is 413 g/mol. The molecule has 0 saturated carbocycles. The molecular formula is C14H24INO3S. The highest BCUT2D eigenvalue weighted by molar-refractivity contribution is 8.13. The van der Waals surface area contributed by atoms with Gasteiger partial charge in [0.15, 0.2) is 0 Å². The third kappa shape index (κ3) is 8.26. The van der Waals surface area contributed by atoms with Crippen LogP contribution in [-0.4, -0.2) is 22.6 Å². The largest absolute Gasteiger partial charge is 1.00 e. The number of halogens is 1. The first kappa shape index (κ1) is 19.9. The number of ether oxygens (including phenoxy) is 1. The van der Waals surface area contributed by atoms with Crippen molar-refractivity contribution in [1.82, 2.24) is 0 Å². The number of amides is 1. The molecule has 20 heavy (non-hydrogen) atoms. The summed E-state index contributed by atoms with van der Waals surface area (Å²) in [4.78, 5) is 23.0. The molecule has 0 saturated heterocycles. The minimum atomic E-state index is -0.287. The minimum Gasteiger partial charge on any atom is -1.00 e. The lowest BCUT2D eigenvalue weighted by Gasteiger charge is -2.24. The molecule has 3 N–H and O–H groups in total. The van der Waals surface area contributed by atoms with Crippen LogP contribution in [0.25, 0.3) is 0 Å². The quantitative estimate of drug-likeness (QED) is 0.385. The van der Waals surface area contributed by atoms with E-state index in [0.29, 0.717) is 6.42 Å². The van der Waals surface area contributed by atoms with Gasteiger partial charge in [-0.1, -0.05) is 26.3 Å². The van der Waals surface area contributed by atoms with Crippen molar-refractivity contribution in [3.05, 3.63) is 12.2 Å². The summed E-state index contributed by atoms with van der Waals surface area (Å²) in [6.07, 6.45) is 8.20. The summed E-state index contributed by atoms with van der Waals surface area (Å²) in [5.74, 6) is -0.0187. The van der Waals surface area contributed by atoms with Crippen LogP contribution in [-0.2, 0) is 9.53 Å². The van der Waals surface area contributed by atoms with Crippen LogP contribution in [0.2, 0.25) is 0 Å². The lowest BCUT2D eigenvalue weighted by Crippen LogP contribution is -3.00. The van der Waals surface area contributed by atoms with E-state index in [1.807, 2.05) is 19.9 Å². The van der Waals surface area contributed by atoms with Gasteiger partial charge in [-0.2, -0.15) is 0 Å². The van der Waals surface area contributed by atoms with Crippen LogP contribution in [0.5, 0.6) is 0 Å². The van der Waals surface area contributed by atoms with Gasteiger partial charge >= 0.3 is 11.2 Å². The number of rotatable bonds is 4. The van der Waals surface area contributed by atoms with Crippen molar-refractivity contribution in [3.8, 4) is 0 Å². The molecule has 0 spiro atoms. The van der Waals surface area contributed by atoms with E-state index in [4.69, 9.17) is 4.74 Å². The molecule has 0 aromatic carbocycles. The highest BCUT2D eigenvalue weighted by Crippen LogP contribution is 2.26. The Kier molecular flexibility index (Phi) is 10.6. The molecule has 1 aliphatic rings. The summed E-state index contributed by atoms with van der Waals surface area (Å²) in [6.45, 7) is 3.91. The maximum absolute atomic E-state index is 11.8. The van der Waals surface area contributed by atoms with E-state index < -0.39 is 0 Å². The Morgan fingerprint density at radius 3 is 2.70 bits per heavy atom. The van der Waals surface area contributed by atoms with Gasteiger partial charge in [-0.3, -0.25) is 5.73 Å². The minimum absolute atomic E-state index is 0. The molecule has 1 amide bonds. The highest BCUT2D eigenvalue weighted by atomic mass is 127. The fourth-order valence-electron chi connectivity index (χ4n) is 2.20. The van der Waals surface area contributed by atoms with Crippen molar-refractivity contribution >= 4 is 23.0 Å². The molecule has 1 rings (SSSR count). The number of carbonyl (C=O) groups is 2. The molecule has 0 bridgehead atoms. The Hall–Kier alpha value is -0.0800. The molecule has 0 heterocycles. The molecule has 0 radical (unpaired) electrons. The Labute approximate surface area is 142 Å². The van der Waals surface area contributed by atoms with Gasteiger partial charge in [-0.25, -0.2) is 9.59 Å². The van der Waals surface area contributed by atoms with Gasteiger partial charge in [0.2, 0.25) is 0 Å². The summed E-state index contributed by atoms with van der Waals surface area (Å²) in [5, 5.41) is -0.0512. The number of allylic oxidation sites excluding steroid dienone is 1. The SMILES string of the molecule is CC(C)SC(=O)OC1C=CCCCCC1CC([NH3+])=O.[I-]. The second-order valence-electron chi connectivity index (χ2n) is 5.21. The molecule has 0 aliphatic heterocycles. The van der Waals surface area contributed by atoms with E-state index in [0.717, 1.165) is 25.7 Å². The molecule has 4 nitrogen and oxygen atoms in total. The Morgan fingerprint density at radius 2 is 2.10 bits per heavy atom. The van der Waals surface area contributed by atoms with Crippen molar-refractivity contribution in [2.45, 2.75) is 57.3 Å². The van der Waals surface area contributed by atoms with E-state index in [2.05, 4.69) is 11.8 Å². The maximum atomic E-state index is 11.8. The summed E-state index contributed by atoms with van der Waals surface area (Å²) >= 11 is 1.19. The molecule has 116 valence electrons. The average Bonchev–Trinajstić information content (AvgIpc) is 2.25. The Bertz CT molecular complexity index is 347. The summed E-state index contributed by atoms with van der Waals surface area (Å²) < 4.78 is 5.51. The standard InChI is InChI=1S/C14H23NO3S.HI/c1-10(2)19-14(17)18-12-8-6-4-3-5-7-11(12)9-13(15)16;/h6,8,10-12H,3-5,7,9H2,1-2H3,(H2,15,16);1H. The first-order valence-corrected chi connectivity index (χ1v) is 7.75. The van der Waals surface area contributed by atoms with E-state index in [-0.39, 0.29) is 52.5 Å². The Balaban J connectivity index is 0.00000361. The zero-order valence-corrected chi connectivity index (χ0v) is 15.1. The smallest absolute Gasteiger partial charge is 0.368 e. The van der Waals surface area contributed by atoms with E-state index >= 15 is 0 Å². The fraction of sp³-hybridized carbons (Fsp3) is 0.714. The van der Waals surface area contributed by atoms with Gasteiger partial charge in [-0.05, 0) is 37.1 Å². The molecule has 0 aromatic rings. The van der Waals surface area contributed by atoms with Crippen LogP contribution < -0.4 is 29.7 Å². The van der Waals surface area contributed by atoms with E-state index in [9.17, 15) is 9.59 Å². The average molecular weight is 413 g/mol. The highest BCUT2D eigenvalue weighted by Gasteiger charge is 2.26. The number of quaternary nitrogens is 1.